The predicted octanol–water partition coefficient (Wildman–Crippen LogP) is -1.06. The lowest BCUT2D eigenvalue weighted by Gasteiger charge is -2.42. The molecule has 1 saturated heterocycles. The molecule has 12 nitrogen and oxygen atoms in total. The number of hydrogen-bond acceptors (Lipinski definition) is 7. The zero-order chi connectivity index (χ0) is 23.7. The lowest BCUT2D eigenvalue weighted by molar-refractivity contribution is -0.166. The van der Waals surface area contributed by atoms with E-state index in [1.807, 2.05) is 30.3 Å². The number of esters is 1. The second-order valence-electron chi connectivity index (χ2n) is 7.30. The fraction of sp³-hybridized carbons (Fsp3) is 0.450. The first-order valence-corrected chi connectivity index (χ1v) is 10.00. The van der Waals surface area contributed by atoms with Gasteiger partial charge in [-0.1, -0.05) is 30.3 Å². The maximum atomic E-state index is 12.6. The van der Waals surface area contributed by atoms with Gasteiger partial charge in [0.25, 0.3) is 0 Å². The van der Waals surface area contributed by atoms with Crippen molar-refractivity contribution < 1.29 is 33.8 Å². The highest BCUT2D eigenvalue weighted by Gasteiger charge is 2.50. The van der Waals surface area contributed by atoms with E-state index in [0.717, 1.165) is 12.5 Å². The number of benzene rings is 1. The fourth-order valence-corrected chi connectivity index (χ4v) is 3.20. The maximum absolute atomic E-state index is 12.6. The standard InChI is InChI=1S/C20H27N5O7/c1-12(26)32-17-15(16(28)23-17)25-20(18(29)30,10-5-11-22-19(21)31)24-14(27)9-8-13-6-3-2-4-7-13/h2-4,6-7,15,17,25H,5,8-11H2,1H3,(H,23,28)(H,24,27)(H,29,30)(H3,21,22,31)/t15-,17+,20-/m1/s1. The summed E-state index contributed by atoms with van der Waals surface area (Å²) in [4.78, 5) is 59.0. The van der Waals surface area contributed by atoms with Crippen LogP contribution in [0.2, 0.25) is 0 Å². The SMILES string of the molecule is CC(=O)O[C@@H]1NC(=O)[C@H]1N[C@@](CCCNC(N)=O)(NC(=O)CCc1ccccc1)C(=O)O. The molecule has 0 radical (unpaired) electrons. The minimum absolute atomic E-state index is 0.00446. The quantitative estimate of drug-likeness (QED) is 0.101. The number of primary amides is 1. The topological polar surface area (TPSA) is 189 Å². The summed E-state index contributed by atoms with van der Waals surface area (Å²) in [5.74, 6) is -3.25. The number of ether oxygens (including phenoxy) is 1. The smallest absolute Gasteiger partial charge is 0.344 e. The Kier molecular flexibility index (Phi) is 8.53. The van der Waals surface area contributed by atoms with Crippen LogP contribution in [-0.2, 0) is 30.3 Å². The monoisotopic (exact) mass is 449 g/mol. The minimum Gasteiger partial charge on any atom is -0.478 e. The van der Waals surface area contributed by atoms with Crippen molar-refractivity contribution in [1.29, 1.82) is 0 Å². The molecule has 1 fully saturated rings. The molecule has 0 aliphatic carbocycles. The number of carboxylic acid groups (broad SMARTS) is 1. The van der Waals surface area contributed by atoms with Crippen molar-refractivity contribution in [3.8, 4) is 0 Å². The Morgan fingerprint density at radius 3 is 2.47 bits per heavy atom. The Labute approximate surface area is 184 Å². The van der Waals surface area contributed by atoms with Crippen molar-refractivity contribution >= 4 is 29.8 Å². The predicted molar refractivity (Wildman–Crippen MR) is 111 cm³/mol. The van der Waals surface area contributed by atoms with Crippen LogP contribution in [0.4, 0.5) is 4.79 Å². The number of nitrogens with two attached hydrogens (primary N) is 1. The number of nitrogens with one attached hydrogen (secondary N) is 4. The van der Waals surface area contributed by atoms with Gasteiger partial charge in [-0.25, -0.2) is 9.59 Å². The molecule has 12 heteroatoms. The molecule has 1 aromatic carbocycles. The van der Waals surface area contributed by atoms with Crippen LogP contribution in [0.25, 0.3) is 0 Å². The number of aryl methyl sites for hydroxylation is 1. The molecule has 32 heavy (non-hydrogen) atoms. The summed E-state index contributed by atoms with van der Waals surface area (Å²) in [6.07, 6.45) is -0.760. The number of rotatable bonds is 12. The molecule has 0 bridgehead atoms. The molecule has 174 valence electrons. The zero-order valence-electron chi connectivity index (χ0n) is 17.6. The lowest BCUT2D eigenvalue weighted by atomic mass is 9.98. The Hall–Kier alpha value is -3.67. The van der Waals surface area contributed by atoms with Gasteiger partial charge in [-0.2, -0.15) is 0 Å². The first kappa shape index (κ1) is 24.6. The van der Waals surface area contributed by atoms with Crippen LogP contribution >= 0.6 is 0 Å². The Bertz CT molecular complexity index is 863. The molecule has 0 saturated carbocycles. The van der Waals surface area contributed by atoms with Crippen molar-refractivity contribution in [2.45, 2.75) is 50.5 Å². The molecule has 7 N–H and O–H groups in total. The number of aliphatic carboxylic acids is 1. The van der Waals surface area contributed by atoms with Crippen LogP contribution in [0.15, 0.2) is 30.3 Å². The second kappa shape index (κ2) is 11.1. The van der Waals surface area contributed by atoms with Gasteiger partial charge in [0, 0.05) is 19.9 Å². The van der Waals surface area contributed by atoms with E-state index in [1.165, 1.54) is 0 Å². The number of carboxylic acids is 1. The third-order valence-electron chi connectivity index (χ3n) is 4.79. The van der Waals surface area contributed by atoms with Gasteiger partial charge in [0.15, 0.2) is 11.9 Å². The Morgan fingerprint density at radius 2 is 1.91 bits per heavy atom. The largest absolute Gasteiger partial charge is 0.478 e. The number of carbonyl (C=O) groups is 5. The van der Waals surface area contributed by atoms with E-state index in [9.17, 15) is 29.1 Å². The average molecular weight is 449 g/mol. The zero-order valence-corrected chi connectivity index (χ0v) is 17.6. The van der Waals surface area contributed by atoms with Crippen molar-refractivity contribution in [1.82, 2.24) is 21.3 Å². The van der Waals surface area contributed by atoms with Crippen LogP contribution in [-0.4, -0.2) is 59.4 Å². The number of carbonyl (C=O) groups excluding carboxylic acids is 4. The molecule has 1 aliphatic heterocycles. The number of hydrogen-bond donors (Lipinski definition) is 6. The summed E-state index contributed by atoms with van der Waals surface area (Å²) in [5, 5.41) is 19.7. The molecule has 1 aromatic rings. The molecule has 1 aliphatic rings. The Balaban J connectivity index is 2.14. The highest BCUT2D eigenvalue weighted by atomic mass is 16.6. The number of amides is 4. The van der Waals surface area contributed by atoms with E-state index in [4.69, 9.17) is 10.5 Å². The van der Waals surface area contributed by atoms with Gasteiger partial charge in [0.2, 0.25) is 11.8 Å². The summed E-state index contributed by atoms with van der Waals surface area (Å²) in [7, 11) is 0. The second-order valence-corrected chi connectivity index (χ2v) is 7.30. The minimum atomic E-state index is -2.05. The van der Waals surface area contributed by atoms with Crippen molar-refractivity contribution in [2.75, 3.05) is 6.54 Å². The van der Waals surface area contributed by atoms with Gasteiger partial charge in [-0.05, 0) is 24.8 Å². The van der Waals surface area contributed by atoms with Crippen molar-refractivity contribution in [3.05, 3.63) is 35.9 Å². The van der Waals surface area contributed by atoms with Gasteiger partial charge in [0.1, 0.15) is 6.04 Å². The van der Waals surface area contributed by atoms with Gasteiger partial charge >= 0.3 is 18.0 Å². The Morgan fingerprint density at radius 1 is 1.22 bits per heavy atom. The van der Waals surface area contributed by atoms with E-state index in [1.54, 1.807) is 0 Å². The molecular weight excluding hydrogens is 422 g/mol. The highest BCUT2D eigenvalue weighted by Crippen LogP contribution is 2.18. The first-order chi connectivity index (χ1) is 15.1. The van der Waals surface area contributed by atoms with Gasteiger partial charge in [0.05, 0.1) is 0 Å². The molecular formula is C20H27N5O7. The van der Waals surface area contributed by atoms with Crippen LogP contribution in [0.1, 0.15) is 31.7 Å². The van der Waals surface area contributed by atoms with Gasteiger partial charge in [-0.15, -0.1) is 0 Å². The van der Waals surface area contributed by atoms with Crippen LogP contribution in [0.3, 0.4) is 0 Å². The molecule has 0 aromatic heterocycles. The van der Waals surface area contributed by atoms with E-state index in [2.05, 4.69) is 21.3 Å². The fourth-order valence-electron chi connectivity index (χ4n) is 3.20. The maximum Gasteiger partial charge on any atom is 0.344 e. The summed E-state index contributed by atoms with van der Waals surface area (Å²) in [5.41, 5.74) is 3.87. The average Bonchev–Trinajstić information content (AvgIpc) is 2.73. The highest BCUT2D eigenvalue weighted by molar-refractivity contribution is 5.92. The molecule has 1 heterocycles. The third kappa shape index (κ3) is 6.94. The van der Waals surface area contributed by atoms with E-state index in [0.29, 0.717) is 6.42 Å². The molecule has 0 unspecified atom stereocenters. The van der Waals surface area contributed by atoms with Crippen LogP contribution < -0.4 is 27.0 Å². The van der Waals surface area contributed by atoms with Crippen molar-refractivity contribution in [3.63, 3.8) is 0 Å². The van der Waals surface area contributed by atoms with Crippen LogP contribution in [0.5, 0.6) is 0 Å². The normalized spacial score (nSPS) is 19.0. The summed E-state index contributed by atoms with van der Waals surface area (Å²) in [6.45, 7) is 1.20. The van der Waals surface area contributed by atoms with Gasteiger partial charge in [-0.3, -0.25) is 19.7 Å². The molecule has 0 spiro atoms. The van der Waals surface area contributed by atoms with E-state index in [-0.39, 0.29) is 25.8 Å². The van der Waals surface area contributed by atoms with Gasteiger partial charge < -0.3 is 31.5 Å². The lowest BCUT2D eigenvalue weighted by Crippen LogP contribution is -2.77. The van der Waals surface area contributed by atoms with E-state index < -0.39 is 47.7 Å². The summed E-state index contributed by atoms with van der Waals surface area (Å²) in [6, 6.07) is 7.21. The van der Waals surface area contributed by atoms with E-state index >= 15 is 0 Å². The molecule has 3 atom stereocenters. The summed E-state index contributed by atoms with van der Waals surface area (Å²) >= 11 is 0. The number of β-lactam (4-membered cyclic amide) rings is 1. The number of urea groups is 1. The summed E-state index contributed by atoms with van der Waals surface area (Å²) < 4.78 is 4.95. The first-order valence-electron chi connectivity index (χ1n) is 10.00. The van der Waals surface area contributed by atoms with Crippen molar-refractivity contribution in [2.24, 2.45) is 5.73 Å². The van der Waals surface area contributed by atoms with Crippen LogP contribution in [0, 0.1) is 0 Å². The third-order valence-corrected chi connectivity index (χ3v) is 4.79. The molecule has 2 rings (SSSR count). The molecule has 4 amide bonds.